The van der Waals surface area contributed by atoms with Gasteiger partial charge in [-0.25, -0.2) is 9.97 Å². The van der Waals surface area contributed by atoms with E-state index >= 15 is 0 Å². The zero-order valence-corrected chi connectivity index (χ0v) is 8.76. The van der Waals surface area contributed by atoms with Crippen LogP contribution < -0.4 is 5.32 Å². The predicted octanol–water partition coefficient (Wildman–Crippen LogP) is 1.24. The maximum atomic E-state index is 4.37. The average molecular weight is 179 g/mol. The molecule has 0 bridgehead atoms. The molecule has 0 saturated heterocycles. The average Bonchev–Trinajstić information content (AvgIpc) is 2.02. The normalized spacial score (nSPS) is 12.9. The van der Waals surface area contributed by atoms with Crippen molar-refractivity contribution in [1.82, 2.24) is 15.3 Å². The van der Waals surface area contributed by atoms with Crippen molar-refractivity contribution in [2.45, 2.75) is 33.2 Å². The summed E-state index contributed by atoms with van der Waals surface area (Å²) < 4.78 is 0. The largest absolute Gasteiger partial charge is 0.317 e. The molecule has 1 rings (SSSR count). The van der Waals surface area contributed by atoms with E-state index in [0.29, 0.717) is 6.04 Å². The Kier molecular flexibility index (Phi) is 3.37. The number of nitrogens with one attached hydrogen (secondary N) is 1. The molecule has 0 fully saturated rings. The van der Waals surface area contributed by atoms with Gasteiger partial charge in [-0.3, -0.25) is 0 Å². The molecule has 13 heavy (non-hydrogen) atoms. The number of likely N-dealkylation sites (N-methyl/N-ethyl adjacent to an activating group) is 1. The predicted molar refractivity (Wildman–Crippen MR) is 53.7 cm³/mol. The monoisotopic (exact) mass is 179 g/mol. The molecule has 1 atom stereocenters. The summed E-state index contributed by atoms with van der Waals surface area (Å²) in [5, 5.41) is 3.19. The number of hydrogen-bond donors (Lipinski definition) is 1. The van der Waals surface area contributed by atoms with Gasteiger partial charge in [-0.05, 0) is 33.9 Å². The highest BCUT2D eigenvalue weighted by Gasteiger charge is 2.03. The number of aryl methyl sites for hydroxylation is 2. The van der Waals surface area contributed by atoms with Gasteiger partial charge in [0.1, 0.15) is 5.82 Å². The number of nitrogens with zero attached hydrogens (tertiary/aromatic N) is 2. The van der Waals surface area contributed by atoms with Crippen LogP contribution in [0.3, 0.4) is 0 Å². The molecule has 0 aliphatic carbocycles. The van der Waals surface area contributed by atoms with Crippen LogP contribution in [0.5, 0.6) is 0 Å². The van der Waals surface area contributed by atoms with Gasteiger partial charge in [-0.1, -0.05) is 0 Å². The van der Waals surface area contributed by atoms with Crippen LogP contribution in [-0.2, 0) is 6.42 Å². The number of hydrogen-bond acceptors (Lipinski definition) is 3. The van der Waals surface area contributed by atoms with Crippen molar-refractivity contribution in [2.75, 3.05) is 7.05 Å². The fraction of sp³-hybridized carbons (Fsp3) is 0.600. The molecule has 1 heterocycles. The van der Waals surface area contributed by atoms with Crippen molar-refractivity contribution in [3.63, 3.8) is 0 Å². The highest BCUT2D eigenvalue weighted by atomic mass is 14.9. The molecule has 1 unspecified atom stereocenters. The molecule has 0 radical (unpaired) electrons. The Morgan fingerprint density at radius 1 is 1.38 bits per heavy atom. The summed E-state index contributed by atoms with van der Waals surface area (Å²) in [6, 6.07) is 2.51. The summed E-state index contributed by atoms with van der Waals surface area (Å²) in [5.74, 6) is 0.860. The van der Waals surface area contributed by atoms with Crippen molar-refractivity contribution in [3.8, 4) is 0 Å². The maximum Gasteiger partial charge on any atom is 0.125 e. The molecule has 1 aromatic rings. The zero-order valence-electron chi connectivity index (χ0n) is 8.76. The lowest BCUT2D eigenvalue weighted by Crippen LogP contribution is -2.24. The van der Waals surface area contributed by atoms with Crippen LogP contribution >= 0.6 is 0 Å². The minimum Gasteiger partial charge on any atom is -0.317 e. The third-order valence-electron chi connectivity index (χ3n) is 2.03. The highest BCUT2D eigenvalue weighted by molar-refractivity contribution is 5.10. The van der Waals surface area contributed by atoms with E-state index in [1.54, 1.807) is 0 Å². The molecule has 3 heteroatoms. The van der Waals surface area contributed by atoms with E-state index in [9.17, 15) is 0 Å². The second-order valence-electron chi connectivity index (χ2n) is 3.44. The van der Waals surface area contributed by atoms with E-state index in [-0.39, 0.29) is 0 Å². The molecule has 0 aromatic carbocycles. The summed E-state index contributed by atoms with van der Waals surface area (Å²) in [6.07, 6.45) is 0.959. The van der Waals surface area contributed by atoms with Gasteiger partial charge in [0.05, 0.1) is 0 Å². The van der Waals surface area contributed by atoms with Gasteiger partial charge in [-0.15, -0.1) is 0 Å². The first-order valence-corrected chi connectivity index (χ1v) is 4.60. The van der Waals surface area contributed by atoms with Crippen molar-refractivity contribution in [2.24, 2.45) is 0 Å². The Morgan fingerprint density at radius 3 is 2.62 bits per heavy atom. The minimum atomic E-state index is 0.466. The van der Waals surface area contributed by atoms with E-state index in [4.69, 9.17) is 0 Å². The molecule has 0 spiro atoms. The van der Waals surface area contributed by atoms with E-state index in [0.717, 1.165) is 23.6 Å². The number of aromatic nitrogens is 2. The first-order chi connectivity index (χ1) is 6.11. The molecular formula is C10H17N3. The first-order valence-electron chi connectivity index (χ1n) is 4.60. The van der Waals surface area contributed by atoms with E-state index in [1.165, 1.54) is 0 Å². The van der Waals surface area contributed by atoms with E-state index in [1.807, 2.05) is 27.0 Å². The van der Waals surface area contributed by atoms with Crippen molar-refractivity contribution in [3.05, 3.63) is 23.3 Å². The zero-order chi connectivity index (χ0) is 9.84. The third kappa shape index (κ3) is 3.11. The molecule has 72 valence electrons. The van der Waals surface area contributed by atoms with Gasteiger partial charge in [0.15, 0.2) is 0 Å². The van der Waals surface area contributed by atoms with Crippen LogP contribution in [0.4, 0.5) is 0 Å². The van der Waals surface area contributed by atoms with Crippen LogP contribution in [-0.4, -0.2) is 23.1 Å². The Labute approximate surface area is 79.6 Å². The number of rotatable bonds is 3. The highest BCUT2D eigenvalue weighted by Crippen LogP contribution is 2.02. The van der Waals surface area contributed by atoms with Gasteiger partial charge in [0.2, 0.25) is 0 Å². The van der Waals surface area contributed by atoms with Crippen molar-refractivity contribution < 1.29 is 0 Å². The SMILES string of the molecule is CNC(C)Cc1cc(C)nc(C)n1. The smallest absolute Gasteiger partial charge is 0.125 e. The van der Waals surface area contributed by atoms with Crippen LogP contribution in [0.2, 0.25) is 0 Å². The Morgan fingerprint density at radius 2 is 2.08 bits per heavy atom. The topological polar surface area (TPSA) is 37.8 Å². The molecule has 3 nitrogen and oxygen atoms in total. The van der Waals surface area contributed by atoms with Gasteiger partial charge < -0.3 is 5.32 Å². The lowest BCUT2D eigenvalue weighted by atomic mass is 10.1. The Balaban J connectivity index is 2.77. The van der Waals surface area contributed by atoms with Gasteiger partial charge in [0, 0.05) is 23.9 Å². The fourth-order valence-electron chi connectivity index (χ4n) is 1.31. The summed E-state index contributed by atoms with van der Waals surface area (Å²) in [5.41, 5.74) is 2.16. The first kappa shape index (κ1) is 10.1. The second kappa shape index (κ2) is 4.33. The van der Waals surface area contributed by atoms with Gasteiger partial charge in [0.25, 0.3) is 0 Å². The van der Waals surface area contributed by atoms with Gasteiger partial charge >= 0.3 is 0 Å². The second-order valence-corrected chi connectivity index (χ2v) is 3.44. The summed E-state index contributed by atoms with van der Waals surface area (Å²) in [6.45, 7) is 6.08. The van der Waals surface area contributed by atoms with Crippen LogP contribution in [0.1, 0.15) is 24.1 Å². The van der Waals surface area contributed by atoms with Crippen LogP contribution in [0.15, 0.2) is 6.07 Å². The molecule has 0 aliphatic heterocycles. The standard InChI is InChI=1S/C10H17N3/c1-7(11-4)5-10-6-8(2)12-9(3)13-10/h6-7,11H,5H2,1-4H3. The van der Waals surface area contributed by atoms with Crippen molar-refractivity contribution >= 4 is 0 Å². The quantitative estimate of drug-likeness (QED) is 0.758. The summed E-state index contributed by atoms with van der Waals surface area (Å²) in [4.78, 5) is 8.61. The third-order valence-corrected chi connectivity index (χ3v) is 2.03. The fourth-order valence-corrected chi connectivity index (χ4v) is 1.31. The van der Waals surface area contributed by atoms with E-state index in [2.05, 4.69) is 22.2 Å². The van der Waals surface area contributed by atoms with Crippen molar-refractivity contribution in [1.29, 1.82) is 0 Å². The summed E-state index contributed by atoms with van der Waals surface area (Å²) in [7, 11) is 1.96. The lowest BCUT2D eigenvalue weighted by Gasteiger charge is -2.09. The molecule has 0 amide bonds. The maximum absolute atomic E-state index is 4.37. The molecule has 1 aromatic heterocycles. The van der Waals surface area contributed by atoms with Gasteiger partial charge in [-0.2, -0.15) is 0 Å². The van der Waals surface area contributed by atoms with Crippen LogP contribution in [0.25, 0.3) is 0 Å². The minimum absolute atomic E-state index is 0.466. The summed E-state index contributed by atoms with van der Waals surface area (Å²) >= 11 is 0. The molecule has 0 aliphatic rings. The molecular weight excluding hydrogens is 162 g/mol. The lowest BCUT2D eigenvalue weighted by molar-refractivity contribution is 0.598. The van der Waals surface area contributed by atoms with Crippen LogP contribution in [0, 0.1) is 13.8 Å². The molecule has 0 saturated carbocycles. The Bertz CT molecular complexity index is 263. The van der Waals surface area contributed by atoms with E-state index < -0.39 is 0 Å². The Hall–Kier alpha value is -0.960. The molecule has 1 N–H and O–H groups in total.